The Morgan fingerprint density at radius 1 is 1.31 bits per heavy atom. The fourth-order valence-corrected chi connectivity index (χ4v) is 3.61. The molecule has 0 heterocycles. The molecule has 16 heavy (non-hydrogen) atoms. The van der Waals surface area contributed by atoms with Gasteiger partial charge in [0, 0.05) is 0 Å². The first-order valence-electron chi connectivity index (χ1n) is 6.34. The fraction of sp³-hybridized carbons (Fsp3) is 0.667. The zero-order valence-corrected chi connectivity index (χ0v) is 10.5. The summed E-state index contributed by atoms with van der Waals surface area (Å²) in [5.41, 5.74) is 3.01. The summed E-state index contributed by atoms with van der Waals surface area (Å²) in [5, 5.41) is 0. The summed E-state index contributed by atoms with van der Waals surface area (Å²) in [6.07, 6.45) is 9.98. The predicted octanol–water partition coefficient (Wildman–Crippen LogP) is 4.05. The maximum Gasteiger partial charge on any atom is 0.145 e. The molecular formula is C15H22O. The number of aldehydes is 1. The van der Waals surface area contributed by atoms with Crippen LogP contribution in [0, 0.1) is 10.8 Å². The first kappa shape index (κ1) is 11.6. The Bertz CT molecular complexity index is 348. The van der Waals surface area contributed by atoms with Gasteiger partial charge in [0.1, 0.15) is 6.29 Å². The normalized spacial score (nSPS) is 33.6. The second-order valence-corrected chi connectivity index (χ2v) is 6.02. The fourth-order valence-electron chi connectivity index (χ4n) is 3.61. The molecule has 0 bridgehead atoms. The van der Waals surface area contributed by atoms with Crippen LogP contribution < -0.4 is 0 Å². The van der Waals surface area contributed by atoms with Gasteiger partial charge in [-0.2, -0.15) is 0 Å². The molecule has 1 spiro atoms. The Morgan fingerprint density at radius 2 is 2.06 bits per heavy atom. The van der Waals surface area contributed by atoms with Crippen molar-refractivity contribution in [1.29, 1.82) is 0 Å². The van der Waals surface area contributed by atoms with E-state index in [1.54, 1.807) is 0 Å². The third-order valence-corrected chi connectivity index (χ3v) is 4.96. The molecule has 2 aliphatic rings. The van der Waals surface area contributed by atoms with E-state index in [0.717, 1.165) is 31.1 Å². The highest BCUT2D eigenvalue weighted by Crippen LogP contribution is 2.59. The van der Waals surface area contributed by atoms with Crippen molar-refractivity contribution in [1.82, 2.24) is 0 Å². The van der Waals surface area contributed by atoms with Crippen molar-refractivity contribution in [3.8, 4) is 0 Å². The number of carbonyl (C=O) groups is 1. The van der Waals surface area contributed by atoms with E-state index < -0.39 is 0 Å². The van der Waals surface area contributed by atoms with Gasteiger partial charge in [-0.15, -0.1) is 0 Å². The Labute approximate surface area is 98.6 Å². The highest BCUT2D eigenvalue weighted by atomic mass is 16.1. The molecule has 1 saturated carbocycles. The van der Waals surface area contributed by atoms with Crippen LogP contribution in [-0.2, 0) is 4.79 Å². The van der Waals surface area contributed by atoms with Crippen molar-refractivity contribution in [3.05, 3.63) is 23.8 Å². The molecule has 1 heteroatoms. The molecule has 88 valence electrons. The van der Waals surface area contributed by atoms with E-state index in [1.807, 2.05) is 0 Å². The van der Waals surface area contributed by atoms with Gasteiger partial charge in [-0.3, -0.25) is 4.79 Å². The van der Waals surface area contributed by atoms with E-state index in [9.17, 15) is 4.79 Å². The van der Waals surface area contributed by atoms with Gasteiger partial charge in [0.05, 0.1) is 0 Å². The van der Waals surface area contributed by atoms with Gasteiger partial charge in [-0.1, -0.05) is 32.1 Å². The van der Waals surface area contributed by atoms with E-state index in [2.05, 4.69) is 26.5 Å². The Hall–Kier alpha value is -0.850. The number of rotatable bonds is 1. The lowest BCUT2D eigenvalue weighted by atomic mass is 9.51. The van der Waals surface area contributed by atoms with Gasteiger partial charge in [0.15, 0.2) is 0 Å². The summed E-state index contributed by atoms with van der Waals surface area (Å²) in [6.45, 7) is 9.06. The van der Waals surface area contributed by atoms with Crippen molar-refractivity contribution in [3.63, 3.8) is 0 Å². The molecule has 0 radical (unpaired) electrons. The summed E-state index contributed by atoms with van der Waals surface area (Å²) < 4.78 is 0. The van der Waals surface area contributed by atoms with E-state index in [1.165, 1.54) is 24.8 Å². The summed E-state index contributed by atoms with van der Waals surface area (Å²) in [6, 6.07) is 0. The summed E-state index contributed by atoms with van der Waals surface area (Å²) >= 11 is 0. The van der Waals surface area contributed by atoms with Crippen molar-refractivity contribution < 1.29 is 4.79 Å². The third-order valence-electron chi connectivity index (χ3n) is 4.96. The Kier molecular flexibility index (Phi) is 2.81. The summed E-state index contributed by atoms with van der Waals surface area (Å²) in [4.78, 5) is 10.8. The SMILES string of the molecule is C=C1CCCC(C)(C)[C@]12CC=C(C=O)CC2. The van der Waals surface area contributed by atoms with Crippen LogP contribution in [0.3, 0.4) is 0 Å². The zero-order valence-electron chi connectivity index (χ0n) is 10.5. The molecule has 1 nitrogen and oxygen atoms in total. The first-order valence-corrected chi connectivity index (χ1v) is 6.34. The van der Waals surface area contributed by atoms with Gasteiger partial charge in [0.25, 0.3) is 0 Å². The average molecular weight is 218 g/mol. The minimum absolute atomic E-state index is 0.262. The predicted molar refractivity (Wildman–Crippen MR) is 67.2 cm³/mol. The first-order chi connectivity index (χ1) is 7.52. The van der Waals surface area contributed by atoms with E-state index in [4.69, 9.17) is 0 Å². The molecule has 0 aromatic carbocycles. The minimum atomic E-state index is 0.262. The number of carbonyl (C=O) groups excluding carboxylic acids is 1. The van der Waals surface area contributed by atoms with Crippen molar-refractivity contribution in [2.24, 2.45) is 10.8 Å². The largest absolute Gasteiger partial charge is 0.298 e. The lowest BCUT2D eigenvalue weighted by Gasteiger charge is -2.53. The quantitative estimate of drug-likeness (QED) is 0.479. The molecule has 0 N–H and O–H groups in total. The van der Waals surface area contributed by atoms with Crippen molar-refractivity contribution >= 4 is 6.29 Å². The maximum absolute atomic E-state index is 10.8. The molecule has 0 unspecified atom stereocenters. The molecule has 1 fully saturated rings. The molecule has 2 aliphatic carbocycles. The van der Waals surface area contributed by atoms with Gasteiger partial charge >= 0.3 is 0 Å². The minimum Gasteiger partial charge on any atom is -0.298 e. The van der Waals surface area contributed by atoms with E-state index in [-0.39, 0.29) is 5.41 Å². The van der Waals surface area contributed by atoms with Crippen LogP contribution in [0.25, 0.3) is 0 Å². The molecule has 2 rings (SSSR count). The molecule has 0 aromatic heterocycles. The molecular weight excluding hydrogens is 196 g/mol. The molecule has 1 atom stereocenters. The van der Waals surface area contributed by atoms with Crippen LogP contribution in [0.5, 0.6) is 0 Å². The third kappa shape index (κ3) is 1.57. The second kappa shape index (κ2) is 3.87. The number of hydrogen-bond donors (Lipinski definition) is 0. The van der Waals surface area contributed by atoms with Crippen LogP contribution >= 0.6 is 0 Å². The van der Waals surface area contributed by atoms with Crippen LogP contribution in [-0.4, -0.2) is 6.29 Å². The van der Waals surface area contributed by atoms with E-state index >= 15 is 0 Å². The van der Waals surface area contributed by atoms with Crippen LogP contribution in [0.1, 0.15) is 52.4 Å². The van der Waals surface area contributed by atoms with Gasteiger partial charge in [-0.25, -0.2) is 0 Å². The molecule has 0 aromatic rings. The van der Waals surface area contributed by atoms with E-state index in [0.29, 0.717) is 5.41 Å². The molecule has 0 amide bonds. The van der Waals surface area contributed by atoms with Crippen molar-refractivity contribution in [2.75, 3.05) is 0 Å². The average Bonchev–Trinajstić information content (AvgIpc) is 2.27. The zero-order chi connectivity index (χ0) is 11.8. The highest BCUT2D eigenvalue weighted by Gasteiger charge is 2.48. The lowest BCUT2D eigenvalue weighted by molar-refractivity contribution is -0.105. The molecule has 0 saturated heterocycles. The van der Waals surface area contributed by atoms with Crippen LogP contribution in [0.4, 0.5) is 0 Å². The van der Waals surface area contributed by atoms with Gasteiger partial charge < -0.3 is 0 Å². The number of allylic oxidation sites excluding steroid dienone is 3. The van der Waals surface area contributed by atoms with Gasteiger partial charge in [0.2, 0.25) is 0 Å². The lowest BCUT2D eigenvalue weighted by Crippen LogP contribution is -2.43. The summed E-state index contributed by atoms with van der Waals surface area (Å²) in [7, 11) is 0. The monoisotopic (exact) mass is 218 g/mol. The van der Waals surface area contributed by atoms with Crippen molar-refractivity contribution in [2.45, 2.75) is 52.4 Å². The number of hydrogen-bond acceptors (Lipinski definition) is 1. The Balaban J connectivity index is 2.32. The smallest absolute Gasteiger partial charge is 0.145 e. The summed E-state index contributed by atoms with van der Waals surface area (Å²) in [5.74, 6) is 0. The molecule has 0 aliphatic heterocycles. The second-order valence-electron chi connectivity index (χ2n) is 6.02. The standard InChI is InChI=1S/C15H22O/c1-12-5-4-8-14(2,3)15(12)9-6-13(11-16)7-10-15/h6,11H,1,4-5,7-10H2,2-3H3/t15-/m0/s1. The maximum atomic E-state index is 10.8. The highest BCUT2D eigenvalue weighted by molar-refractivity contribution is 5.73. The topological polar surface area (TPSA) is 17.1 Å². The van der Waals surface area contributed by atoms with Gasteiger partial charge in [-0.05, 0) is 54.9 Å². The van der Waals surface area contributed by atoms with Crippen LogP contribution in [0.2, 0.25) is 0 Å². The van der Waals surface area contributed by atoms with Crippen LogP contribution in [0.15, 0.2) is 23.8 Å². The Morgan fingerprint density at radius 3 is 2.56 bits per heavy atom.